The average Bonchev–Trinajstić information content (AvgIpc) is 3.10. The summed E-state index contributed by atoms with van der Waals surface area (Å²) in [6.45, 7) is 3.02. The number of carbonyl (C=O) groups is 1. The molecule has 1 fully saturated rings. The quantitative estimate of drug-likeness (QED) is 0.172. The minimum absolute atomic E-state index is 0.000363. The molecule has 4 aromatic rings. The van der Waals surface area contributed by atoms with E-state index in [4.69, 9.17) is 32.8 Å². The fraction of sp³-hybridized carbons (Fsp3) is 0.371. The smallest absolute Gasteiger partial charge is 0.256 e. The van der Waals surface area contributed by atoms with Crippen molar-refractivity contribution < 1.29 is 46.4 Å². The number of hydrogen-bond donors (Lipinski definition) is 0. The highest BCUT2D eigenvalue weighted by Crippen LogP contribution is 2.44. The number of benzene rings is 3. The van der Waals surface area contributed by atoms with Gasteiger partial charge < -0.3 is 37.7 Å². The molecule has 0 saturated carbocycles. The molecule has 3 aromatic carbocycles. The van der Waals surface area contributed by atoms with Crippen molar-refractivity contribution in [2.24, 2.45) is 0 Å². The Labute approximate surface area is 276 Å². The topological polar surface area (TPSA) is 109 Å². The van der Waals surface area contributed by atoms with Gasteiger partial charge in [-0.2, -0.15) is 0 Å². The van der Waals surface area contributed by atoms with E-state index in [1.165, 1.54) is 41.6 Å². The average molecular weight is 669 g/mol. The molecule has 5 rings (SSSR count). The predicted molar refractivity (Wildman–Crippen MR) is 174 cm³/mol. The Balaban J connectivity index is 1.31. The molecule has 1 aliphatic rings. The second-order valence-corrected chi connectivity index (χ2v) is 11.0. The number of rotatable bonds is 13. The molecule has 1 aromatic heterocycles. The third kappa shape index (κ3) is 7.10. The monoisotopic (exact) mass is 668 g/mol. The number of ether oxygens (including phenoxy) is 6. The summed E-state index contributed by atoms with van der Waals surface area (Å²) >= 11 is 0. The molecule has 256 valence electrons. The Morgan fingerprint density at radius 1 is 0.792 bits per heavy atom. The number of piperazine rings is 1. The fourth-order valence-corrected chi connectivity index (χ4v) is 5.67. The maximum atomic E-state index is 14.1. The molecule has 0 radical (unpaired) electrons. The maximum Gasteiger partial charge on any atom is 0.256 e. The van der Waals surface area contributed by atoms with Crippen LogP contribution >= 0.6 is 0 Å². The van der Waals surface area contributed by atoms with Crippen molar-refractivity contribution in [3.63, 3.8) is 0 Å². The van der Waals surface area contributed by atoms with Crippen LogP contribution in [0.5, 0.6) is 34.5 Å². The lowest BCUT2D eigenvalue weighted by molar-refractivity contribution is 0.0629. The van der Waals surface area contributed by atoms with Crippen LogP contribution in [0.3, 0.4) is 0 Å². The number of amides is 1. The molecule has 0 aliphatic carbocycles. The molecular formula is C35H38F2N2O9. The predicted octanol–water partition coefficient (Wildman–Crippen LogP) is 5.40. The van der Waals surface area contributed by atoms with Crippen LogP contribution < -0.4 is 33.8 Å². The van der Waals surface area contributed by atoms with Gasteiger partial charge in [-0.3, -0.25) is 14.5 Å². The molecule has 0 unspecified atom stereocenters. The number of fused-ring (bicyclic) bond motifs is 1. The molecule has 13 heteroatoms. The first-order valence-electron chi connectivity index (χ1n) is 15.4. The summed E-state index contributed by atoms with van der Waals surface area (Å²) in [5, 5.41) is 0.206. The van der Waals surface area contributed by atoms with Crippen molar-refractivity contribution >= 4 is 16.9 Å². The van der Waals surface area contributed by atoms with Gasteiger partial charge in [0.25, 0.3) is 5.91 Å². The van der Waals surface area contributed by atoms with Crippen molar-refractivity contribution in [2.45, 2.75) is 12.8 Å². The SMILES string of the molecule is COc1cc(OC)c2c(=O)c(OCCCCN3CCN(C(=O)c4ccc(F)cc4F)CC3)c(-c3cc(OC)c(OC)c(OC)c3)oc2c1. The lowest BCUT2D eigenvalue weighted by atomic mass is 10.1. The minimum Gasteiger partial charge on any atom is -0.496 e. The maximum absolute atomic E-state index is 14.1. The van der Waals surface area contributed by atoms with Crippen LogP contribution in [0.15, 0.2) is 51.7 Å². The molecule has 0 N–H and O–H groups in total. The van der Waals surface area contributed by atoms with Gasteiger partial charge in [0.2, 0.25) is 16.9 Å². The van der Waals surface area contributed by atoms with Crippen LogP contribution in [0.2, 0.25) is 0 Å². The number of methoxy groups -OCH3 is 5. The molecule has 1 aliphatic heterocycles. The Bertz CT molecular complexity index is 1810. The standard InChI is InChI=1S/C35H38F2N2O9/c1-42-23-19-26(43-2)30-27(20-23)48-32(21-16-28(44-3)33(46-5)29(17-21)45-4)34(31(30)40)47-15-7-6-10-38-11-13-39(14-12-38)35(41)24-9-8-22(36)18-25(24)37/h8-9,16-20H,6-7,10-15H2,1-5H3. The van der Waals surface area contributed by atoms with Crippen LogP contribution in [0.1, 0.15) is 23.2 Å². The zero-order valence-electron chi connectivity index (χ0n) is 27.5. The van der Waals surface area contributed by atoms with E-state index in [1.54, 1.807) is 29.2 Å². The lowest BCUT2D eigenvalue weighted by Crippen LogP contribution is -2.49. The second-order valence-electron chi connectivity index (χ2n) is 11.0. The zero-order valence-corrected chi connectivity index (χ0v) is 27.5. The van der Waals surface area contributed by atoms with Crippen molar-refractivity contribution in [1.82, 2.24) is 9.80 Å². The van der Waals surface area contributed by atoms with Crippen molar-refractivity contribution in [2.75, 3.05) is 74.9 Å². The van der Waals surface area contributed by atoms with Crippen LogP contribution in [-0.4, -0.2) is 90.6 Å². The van der Waals surface area contributed by atoms with E-state index in [-0.39, 0.29) is 40.4 Å². The van der Waals surface area contributed by atoms with Gasteiger partial charge >= 0.3 is 0 Å². The van der Waals surface area contributed by atoms with E-state index in [1.807, 2.05) is 0 Å². The molecule has 2 heterocycles. The summed E-state index contributed by atoms with van der Waals surface area (Å²) in [7, 11) is 7.45. The third-order valence-corrected chi connectivity index (χ3v) is 8.21. The second kappa shape index (κ2) is 15.2. The van der Waals surface area contributed by atoms with E-state index in [0.717, 1.165) is 19.0 Å². The minimum atomic E-state index is -0.866. The summed E-state index contributed by atoms with van der Waals surface area (Å²) in [4.78, 5) is 30.5. The van der Waals surface area contributed by atoms with Gasteiger partial charge in [0.05, 0.1) is 47.7 Å². The number of nitrogens with zero attached hydrogens (tertiary/aromatic N) is 2. The van der Waals surface area contributed by atoms with Gasteiger partial charge in [-0.05, 0) is 43.7 Å². The van der Waals surface area contributed by atoms with E-state index >= 15 is 0 Å². The van der Waals surface area contributed by atoms with Gasteiger partial charge in [-0.15, -0.1) is 0 Å². The normalized spacial score (nSPS) is 13.4. The molecule has 1 saturated heterocycles. The Morgan fingerprint density at radius 2 is 1.48 bits per heavy atom. The summed E-state index contributed by atoms with van der Waals surface area (Å²) in [5.74, 6) is -0.0357. The van der Waals surface area contributed by atoms with Gasteiger partial charge in [0, 0.05) is 49.9 Å². The summed E-state index contributed by atoms with van der Waals surface area (Å²) in [6.07, 6.45) is 1.37. The van der Waals surface area contributed by atoms with E-state index < -0.39 is 23.0 Å². The highest BCUT2D eigenvalue weighted by atomic mass is 19.1. The molecule has 11 nitrogen and oxygen atoms in total. The lowest BCUT2D eigenvalue weighted by Gasteiger charge is -2.34. The van der Waals surface area contributed by atoms with Crippen molar-refractivity contribution in [3.8, 4) is 45.8 Å². The van der Waals surface area contributed by atoms with Crippen LogP contribution in [0, 0.1) is 11.6 Å². The first-order chi connectivity index (χ1) is 23.2. The van der Waals surface area contributed by atoms with Crippen molar-refractivity contribution in [1.29, 1.82) is 0 Å². The van der Waals surface area contributed by atoms with Crippen LogP contribution in [-0.2, 0) is 0 Å². The molecular weight excluding hydrogens is 630 g/mol. The molecule has 0 atom stereocenters. The summed E-state index contributed by atoms with van der Waals surface area (Å²) in [6, 6.07) is 9.52. The largest absolute Gasteiger partial charge is 0.496 e. The Kier molecular flexibility index (Phi) is 10.9. The zero-order chi connectivity index (χ0) is 34.4. The van der Waals surface area contributed by atoms with Gasteiger partial charge in [-0.25, -0.2) is 8.78 Å². The first kappa shape index (κ1) is 34.3. The summed E-state index contributed by atoms with van der Waals surface area (Å²) < 4.78 is 67.3. The highest BCUT2D eigenvalue weighted by Gasteiger charge is 2.26. The number of carbonyl (C=O) groups excluding carboxylic acids is 1. The third-order valence-electron chi connectivity index (χ3n) is 8.21. The van der Waals surface area contributed by atoms with Gasteiger partial charge in [0.15, 0.2) is 17.3 Å². The first-order valence-corrected chi connectivity index (χ1v) is 15.4. The van der Waals surface area contributed by atoms with Gasteiger partial charge in [-0.1, -0.05) is 0 Å². The summed E-state index contributed by atoms with van der Waals surface area (Å²) in [5.41, 5.74) is 0.154. The Hall–Kier alpha value is -5.04. The van der Waals surface area contributed by atoms with Crippen molar-refractivity contribution in [3.05, 3.63) is 69.9 Å². The number of unbranched alkanes of at least 4 members (excludes halogenated alkanes) is 1. The molecule has 0 spiro atoms. The molecule has 1 amide bonds. The van der Waals surface area contributed by atoms with Gasteiger partial charge in [0.1, 0.15) is 34.1 Å². The van der Waals surface area contributed by atoms with E-state index in [0.29, 0.717) is 67.2 Å². The van der Waals surface area contributed by atoms with E-state index in [2.05, 4.69) is 4.90 Å². The number of halogens is 2. The fourth-order valence-electron chi connectivity index (χ4n) is 5.67. The van der Waals surface area contributed by atoms with E-state index in [9.17, 15) is 18.4 Å². The highest BCUT2D eigenvalue weighted by molar-refractivity contribution is 5.94. The molecule has 0 bridgehead atoms. The van der Waals surface area contributed by atoms with Crippen LogP contribution in [0.4, 0.5) is 8.78 Å². The molecule has 48 heavy (non-hydrogen) atoms. The number of hydrogen-bond acceptors (Lipinski definition) is 10. The Morgan fingerprint density at radius 3 is 2.08 bits per heavy atom. The van der Waals surface area contributed by atoms with Crippen LogP contribution in [0.25, 0.3) is 22.3 Å².